The van der Waals surface area contributed by atoms with Gasteiger partial charge in [-0.15, -0.1) is 0 Å². The summed E-state index contributed by atoms with van der Waals surface area (Å²) in [5.41, 5.74) is 3.01. The molecule has 0 saturated carbocycles. The van der Waals surface area contributed by atoms with E-state index in [1.807, 2.05) is 31.2 Å². The monoisotopic (exact) mass is 314 g/mol. The van der Waals surface area contributed by atoms with Crippen molar-refractivity contribution < 1.29 is 9.53 Å². The van der Waals surface area contributed by atoms with Crippen LogP contribution in [0.4, 0.5) is 11.4 Å². The zero-order chi connectivity index (χ0) is 15.5. The summed E-state index contributed by atoms with van der Waals surface area (Å²) >= 11 is 6.00. The highest BCUT2D eigenvalue weighted by Crippen LogP contribution is 2.33. The highest BCUT2D eigenvalue weighted by molar-refractivity contribution is 6.34. The van der Waals surface area contributed by atoms with Gasteiger partial charge in [0.15, 0.2) is 0 Å². The van der Waals surface area contributed by atoms with Crippen LogP contribution >= 0.6 is 11.6 Å². The number of amides is 1. The number of hydrogen-bond donors (Lipinski definition) is 2. The summed E-state index contributed by atoms with van der Waals surface area (Å²) in [7, 11) is 0. The molecule has 0 aromatic heterocycles. The molecule has 1 amide bonds. The molecule has 2 aromatic carbocycles. The molecule has 0 radical (unpaired) electrons. The number of rotatable bonds is 4. The van der Waals surface area contributed by atoms with Gasteiger partial charge in [0.2, 0.25) is 0 Å². The van der Waals surface area contributed by atoms with E-state index in [1.54, 1.807) is 24.4 Å². The van der Waals surface area contributed by atoms with E-state index in [1.165, 1.54) is 0 Å². The Kier molecular flexibility index (Phi) is 4.02. The Labute approximate surface area is 133 Å². The molecule has 0 spiro atoms. The van der Waals surface area contributed by atoms with Crippen LogP contribution in [0.1, 0.15) is 12.5 Å². The minimum atomic E-state index is -0.143. The van der Waals surface area contributed by atoms with E-state index < -0.39 is 0 Å². The minimum absolute atomic E-state index is 0.143. The molecule has 1 aliphatic heterocycles. The Balaban J connectivity index is 1.81. The molecule has 1 aliphatic rings. The number of carbonyl (C=O) groups is 1. The van der Waals surface area contributed by atoms with Gasteiger partial charge >= 0.3 is 0 Å². The minimum Gasteiger partial charge on any atom is -0.494 e. The molecule has 4 nitrogen and oxygen atoms in total. The molecule has 2 aromatic rings. The van der Waals surface area contributed by atoms with Crippen LogP contribution in [0.3, 0.4) is 0 Å². The number of halogens is 1. The number of benzene rings is 2. The third-order valence-corrected chi connectivity index (χ3v) is 3.55. The molecule has 0 unspecified atom stereocenters. The van der Waals surface area contributed by atoms with E-state index in [0.717, 1.165) is 22.7 Å². The third kappa shape index (κ3) is 2.92. The number of anilines is 2. The molecule has 2 N–H and O–H groups in total. The van der Waals surface area contributed by atoms with Crippen LogP contribution in [0.15, 0.2) is 48.7 Å². The number of carbonyl (C=O) groups excluding carboxylic acids is 1. The summed E-state index contributed by atoms with van der Waals surface area (Å²) in [4.78, 5) is 12.0. The van der Waals surface area contributed by atoms with Gasteiger partial charge in [0.1, 0.15) is 5.75 Å². The van der Waals surface area contributed by atoms with Crippen molar-refractivity contribution in [1.29, 1.82) is 0 Å². The number of fused-ring (bicyclic) bond motifs is 1. The van der Waals surface area contributed by atoms with Gasteiger partial charge in [-0.3, -0.25) is 4.79 Å². The normalized spacial score (nSPS) is 14.6. The maximum absolute atomic E-state index is 12.0. The van der Waals surface area contributed by atoms with Crippen LogP contribution in [-0.2, 0) is 4.79 Å². The molecule has 112 valence electrons. The van der Waals surface area contributed by atoms with Crippen LogP contribution in [0.2, 0.25) is 5.02 Å². The van der Waals surface area contributed by atoms with Crippen molar-refractivity contribution in [2.24, 2.45) is 0 Å². The second-order valence-electron chi connectivity index (χ2n) is 4.80. The first kappa shape index (κ1) is 14.5. The first-order chi connectivity index (χ1) is 10.7. The topological polar surface area (TPSA) is 50.4 Å². The van der Waals surface area contributed by atoms with Crippen LogP contribution < -0.4 is 15.4 Å². The molecule has 0 saturated heterocycles. The summed E-state index contributed by atoms with van der Waals surface area (Å²) in [6.45, 7) is 2.58. The lowest BCUT2D eigenvalue weighted by Crippen LogP contribution is -2.05. The summed E-state index contributed by atoms with van der Waals surface area (Å²) in [5, 5.41) is 6.54. The SMILES string of the molecule is CCOc1ccc(NC=C2C(=O)Nc3ccc(Cl)cc32)cc1. The zero-order valence-electron chi connectivity index (χ0n) is 12.0. The molecular weight excluding hydrogens is 300 g/mol. The third-order valence-electron chi connectivity index (χ3n) is 3.31. The lowest BCUT2D eigenvalue weighted by molar-refractivity contribution is -0.110. The second-order valence-corrected chi connectivity index (χ2v) is 5.24. The fourth-order valence-electron chi connectivity index (χ4n) is 2.27. The Morgan fingerprint density at radius 1 is 1.23 bits per heavy atom. The molecular formula is C17H15ClN2O2. The summed E-state index contributed by atoms with van der Waals surface area (Å²) in [5.74, 6) is 0.673. The van der Waals surface area contributed by atoms with Crippen molar-refractivity contribution in [2.45, 2.75) is 6.92 Å². The average Bonchev–Trinajstić information content (AvgIpc) is 2.82. The standard InChI is InChI=1S/C17H15ClN2O2/c1-2-22-13-6-4-12(5-7-13)19-10-15-14-9-11(18)3-8-16(14)20-17(15)21/h3-10,19H,2H2,1H3,(H,20,21). The van der Waals surface area contributed by atoms with Crippen molar-refractivity contribution >= 4 is 34.5 Å². The van der Waals surface area contributed by atoms with Crippen LogP contribution in [0.25, 0.3) is 5.57 Å². The van der Waals surface area contributed by atoms with E-state index in [2.05, 4.69) is 10.6 Å². The molecule has 0 atom stereocenters. The van der Waals surface area contributed by atoms with E-state index in [0.29, 0.717) is 17.2 Å². The lowest BCUT2D eigenvalue weighted by atomic mass is 10.1. The van der Waals surface area contributed by atoms with Crippen LogP contribution in [0.5, 0.6) is 5.75 Å². The zero-order valence-corrected chi connectivity index (χ0v) is 12.8. The molecule has 22 heavy (non-hydrogen) atoms. The van der Waals surface area contributed by atoms with E-state index in [4.69, 9.17) is 16.3 Å². The van der Waals surface area contributed by atoms with Gasteiger partial charge in [0.25, 0.3) is 5.91 Å². The predicted octanol–water partition coefficient (Wildman–Crippen LogP) is 4.14. The van der Waals surface area contributed by atoms with Gasteiger partial charge < -0.3 is 15.4 Å². The summed E-state index contributed by atoms with van der Waals surface area (Å²) in [6, 6.07) is 12.9. The van der Waals surface area contributed by atoms with Gasteiger partial charge in [-0.1, -0.05) is 11.6 Å². The van der Waals surface area contributed by atoms with Crippen LogP contribution in [0, 0.1) is 0 Å². The average molecular weight is 315 g/mol. The molecule has 3 rings (SSSR count). The largest absolute Gasteiger partial charge is 0.494 e. The maximum atomic E-state index is 12.0. The number of ether oxygens (including phenoxy) is 1. The van der Waals surface area contributed by atoms with Gasteiger partial charge in [0.05, 0.1) is 12.2 Å². The fourth-order valence-corrected chi connectivity index (χ4v) is 2.45. The smallest absolute Gasteiger partial charge is 0.257 e. The Morgan fingerprint density at radius 3 is 2.73 bits per heavy atom. The van der Waals surface area contributed by atoms with Crippen LogP contribution in [-0.4, -0.2) is 12.5 Å². The molecule has 1 heterocycles. The summed E-state index contributed by atoms with van der Waals surface area (Å²) < 4.78 is 5.39. The van der Waals surface area contributed by atoms with Crippen molar-refractivity contribution in [1.82, 2.24) is 0 Å². The van der Waals surface area contributed by atoms with E-state index in [9.17, 15) is 4.79 Å². The molecule has 5 heteroatoms. The Bertz CT molecular complexity index is 739. The van der Waals surface area contributed by atoms with Crippen molar-refractivity contribution in [3.8, 4) is 5.75 Å². The van der Waals surface area contributed by atoms with Gasteiger partial charge in [-0.2, -0.15) is 0 Å². The quantitative estimate of drug-likeness (QED) is 0.834. The lowest BCUT2D eigenvalue weighted by Gasteiger charge is -2.05. The van der Waals surface area contributed by atoms with Gasteiger partial charge in [-0.05, 0) is 49.4 Å². The first-order valence-corrected chi connectivity index (χ1v) is 7.36. The van der Waals surface area contributed by atoms with E-state index >= 15 is 0 Å². The van der Waals surface area contributed by atoms with Crippen molar-refractivity contribution in [3.05, 3.63) is 59.3 Å². The highest BCUT2D eigenvalue weighted by Gasteiger charge is 2.24. The maximum Gasteiger partial charge on any atom is 0.257 e. The van der Waals surface area contributed by atoms with Crippen molar-refractivity contribution in [2.75, 3.05) is 17.2 Å². The second kappa shape index (κ2) is 6.12. The molecule has 0 bridgehead atoms. The Hall–Kier alpha value is -2.46. The first-order valence-electron chi connectivity index (χ1n) is 6.98. The van der Waals surface area contributed by atoms with Gasteiger partial charge in [0, 0.05) is 28.2 Å². The molecule has 0 aliphatic carbocycles. The number of nitrogens with one attached hydrogen (secondary N) is 2. The van der Waals surface area contributed by atoms with Gasteiger partial charge in [-0.25, -0.2) is 0 Å². The predicted molar refractivity (Wildman–Crippen MR) is 89.3 cm³/mol. The van der Waals surface area contributed by atoms with E-state index in [-0.39, 0.29) is 5.91 Å². The molecule has 0 fully saturated rings. The Morgan fingerprint density at radius 2 is 2.00 bits per heavy atom. The highest BCUT2D eigenvalue weighted by atomic mass is 35.5. The number of hydrogen-bond acceptors (Lipinski definition) is 3. The fraction of sp³-hybridized carbons (Fsp3) is 0.118. The van der Waals surface area contributed by atoms with Crippen molar-refractivity contribution in [3.63, 3.8) is 0 Å². The summed E-state index contributed by atoms with van der Waals surface area (Å²) in [6.07, 6.45) is 1.69.